The van der Waals surface area contributed by atoms with Crippen molar-refractivity contribution < 1.29 is 0 Å². The van der Waals surface area contributed by atoms with E-state index in [1.54, 1.807) is 12.4 Å². The quantitative estimate of drug-likeness (QED) is 0.671. The lowest BCUT2D eigenvalue weighted by Crippen LogP contribution is -2.04. The maximum absolute atomic E-state index is 6.11. The normalized spacial score (nSPS) is 12.3. The summed E-state index contributed by atoms with van der Waals surface area (Å²) >= 11 is 9.86. The smallest absolute Gasteiger partial charge is 0.0621 e. The molecule has 0 N–H and O–H groups in total. The van der Waals surface area contributed by atoms with Crippen LogP contribution in [0.15, 0.2) is 48.8 Å². The zero-order chi connectivity index (χ0) is 13.5. The lowest BCUT2D eigenvalue weighted by molar-refractivity contribution is 0.700. The molecule has 19 heavy (non-hydrogen) atoms. The van der Waals surface area contributed by atoms with Gasteiger partial charge in [0.15, 0.2) is 0 Å². The van der Waals surface area contributed by atoms with Gasteiger partial charge in [-0.05, 0) is 42.9 Å². The Morgan fingerprint density at radius 1 is 1.16 bits per heavy atom. The molecule has 1 atom stereocenters. The van der Waals surface area contributed by atoms with Crippen molar-refractivity contribution >= 4 is 27.5 Å². The van der Waals surface area contributed by atoms with Crippen LogP contribution in [0.5, 0.6) is 0 Å². The number of aromatic nitrogens is 1. The van der Waals surface area contributed by atoms with Gasteiger partial charge in [-0.3, -0.25) is 4.98 Å². The van der Waals surface area contributed by atoms with E-state index in [0.717, 1.165) is 24.3 Å². The molecule has 1 nitrogen and oxygen atoms in total. The van der Waals surface area contributed by atoms with Gasteiger partial charge in [0, 0.05) is 17.2 Å². The van der Waals surface area contributed by atoms with E-state index in [-0.39, 0.29) is 0 Å². The highest BCUT2D eigenvalue weighted by molar-refractivity contribution is 9.09. The highest BCUT2D eigenvalue weighted by Crippen LogP contribution is 2.21. The van der Waals surface area contributed by atoms with E-state index in [1.165, 1.54) is 17.5 Å². The maximum Gasteiger partial charge on any atom is 0.0621 e. The fourth-order valence-corrected chi connectivity index (χ4v) is 2.95. The third kappa shape index (κ3) is 4.96. The first-order valence-corrected chi connectivity index (χ1v) is 7.81. The molecule has 1 aromatic carbocycles. The Hall–Kier alpha value is -0.860. The second kappa shape index (κ2) is 7.66. The standard InChI is InChI=1S/C16H17BrClN/c17-15(11-14-9-10-19-12-16(14)18)8-4-7-13-5-2-1-3-6-13/h1-3,5-6,9-10,12,15H,4,7-8,11H2. The van der Waals surface area contributed by atoms with Gasteiger partial charge in [-0.25, -0.2) is 0 Å². The highest BCUT2D eigenvalue weighted by Gasteiger charge is 2.08. The number of pyridine rings is 1. The number of hydrogen-bond acceptors (Lipinski definition) is 1. The first-order valence-electron chi connectivity index (χ1n) is 6.52. The van der Waals surface area contributed by atoms with Crippen molar-refractivity contribution in [1.29, 1.82) is 0 Å². The Bertz CT molecular complexity index is 501. The third-order valence-electron chi connectivity index (χ3n) is 3.12. The van der Waals surface area contributed by atoms with Gasteiger partial charge in [0.25, 0.3) is 0 Å². The third-order valence-corrected chi connectivity index (χ3v) is 4.25. The predicted molar refractivity (Wildman–Crippen MR) is 85.0 cm³/mol. The Morgan fingerprint density at radius 2 is 1.95 bits per heavy atom. The van der Waals surface area contributed by atoms with Gasteiger partial charge >= 0.3 is 0 Å². The van der Waals surface area contributed by atoms with Crippen molar-refractivity contribution in [3.8, 4) is 0 Å². The summed E-state index contributed by atoms with van der Waals surface area (Å²) in [6, 6.07) is 12.6. The summed E-state index contributed by atoms with van der Waals surface area (Å²) in [6.45, 7) is 0. The second-order valence-corrected chi connectivity index (χ2v) is 6.35. The van der Waals surface area contributed by atoms with Crippen LogP contribution in [0.25, 0.3) is 0 Å². The second-order valence-electron chi connectivity index (χ2n) is 4.65. The number of nitrogens with zero attached hydrogens (tertiary/aromatic N) is 1. The molecule has 100 valence electrons. The van der Waals surface area contributed by atoms with Crippen molar-refractivity contribution in [2.24, 2.45) is 0 Å². The van der Waals surface area contributed by atoms with Crippen LogP contribution in [-0.2, 0) is 12.8 Å². The van der Waals surface area contributed by atoms with Gasteiger partial charge in [-0.1, -0.05) is 57.9 Å². The summed E-state index contributed by atoms with van der Waals surface area (Å²) in [5, 5.41) is 0.759. The van der Waals surface area contributed by atoms with Crippen LogP contribution in [0.3, 0.4) is 0 Å². The van der Waals surface area contributed by atoms with Crippen LogP contribution in [-0.4, -0.2) is 9.81 Å². The molecular formula is C16H17BrClN. The van der Waals surface area contributed by atoms with Crippen molar-refractivity contribution in [3.63, 3.8) is 0 Å². The molecule has 0 bridgehead atoms. The number of benzene rings is 1. The largest absolute Gasteiger partial charge is 0.263 e. The molecule has 2 aromatic rings. The number of rotatable bonds is 6. The van der Waals surface area contributed by atoms with Crippen LogP contribution >= 0.6 is 27.5 Å². The lowest BCUT2D eigenvalue weighted by Gasteiger charge is -2.10. The lowest BCUT2D eigenvalue weighted by atomic mass is 10.0. The summed E-state index contributed by atoms with van der Waals surface area (Å²) < 4.78 is 0. The van der Waals surface area contributed by atoms with E-state index < -0.39 is 0 Å². The SMILES string of the molecule is Clc1cnccc1CC(Br)CCCc1ccccc1. The predicted octanol–water partition coefficient (Wildman–Crippen LogP) is 5.06. The van der Waals surface area contributed by atoms with E-state index in [9.17, 15) is 0 Å². The van der Waals surface area contributed by atoms with E-state index in [2.05, 4.69) is 51.2 Å². The average Bonchev–Trinajstić information content (AvgIpc) is 2.43. The molecule has 0 fully saturated rings. The van der Waals surface area contributed by atoms with E-state index in [4.69, 9.17) is 11.6 Å². The minimum Gasteiger partial charge on any atom is -0.263 e. The molecule has 3 heteroatoms. The van der Waals surface area contributed by atoms with E-state index in [1.807, 2.05) is 6.07 Å². The van der Waals surface area contributed by atoms with Gasteiger partial charge in [-0.2, -0.15) is 0 Å². The number of aryl methyl sites for hydroxylation is 1. The molecule has 1 aromatic heterocycles. The van der Waals surface area contributed by atoms with Crippen molar-refractivity contribution in [3.05, 3.63) is 64.9 Å². The first-order chi connectivity index (χ1) is 9.25. The average molecular weight is 339 g/mol. The summed E-state index contributed by atoms with van der Waals surface area (Å²) in [6.07, 6.45) is 7.92. The van der Waals surface area contributed by atoms with E-state index >= 15 is 0 Å². The van der Waals surface area contributed by atoms with Crippen LogP contribution in [0.1, 0.15) is 24.0 Å². The fraction of sp³-hybridized carbons (Fsp3) is 0.312. The molecule has 0 aliphatic heterocycles. The number of hydrogen-bond donors (Lipinski definition) is 0. The molecule has 0 saturated heterocycles. The summed E-state index contributed by atoms with van der Waals surface area (Å²) in [4.78, 5) is 4.48. The molecule has 0 aliphatic carbocycles. The molecule has 0 saturated carbocycles. The topological polar surface area (TPSA) is 12.9 Å². The molecule has 0 aliphatic rings. The summed E-state index contributed by atoms with van der Waals surface area (Å²) in [5.74, 6) is 0. The fourth-order valence-electron chi connectivity index (χ4n) is 2.08. The van der Waals surface area contributed by atoms with E-state index in [0.29, 0.717) is 4.83 Å². The van der Waals surface area contributed by atoms with Crippen LogP contribution < -0.4 is 0 Å². The highest BCUT2D eigenvalue weighted by atomic mass is 79.9. The minimum atomic E-state index is 0.469. The molecule has 1 heterocycles. The monoisotopic (exact) mass is 337 g/mol. The molecule has 1 unspecified atom stereocenters. The Balaban J connectivity index is 1.76. The van der Waals surface area contributed by atoms with Crippen LogP contribution in [0.4, 0.5) is 0 Å². The van der Waals surface area contributed by atoms with Crippen LogP contribution in [0.2, 0.25) is 5.02 Å². The summed E-state index contributed by atoms with van der Waals surface area (Å²) in [7, 11) is 0. The Kier molecular flexibility index (Phi) is 5.87. The number of alkyl halides is 1. The van der Waals surface area contributed by atoms with Gasteiger partial charge in [0.1, 0.15) is 0 Å². The zero-order valence-electron chi connectivity index (χ0n) is 10.7. The molecular weight excluding hydrogens is 322 g/mol. The molecule has 0 spiro atoms. The zero-order valence-corrected chi connectivity index (χ0v) is 13.1. The molecule has 0 radical (unpaired) electrons. The van der Waals surface area contributed by atoms with Crippen molar-refractivity contribution in [2.45, 2.75) is 30.5 Å². The molecule has 0 amide bonds. The Morgan fingerprint density at radius 3 is 2.68 bits per heavy atom. The van der Waals surface area contributed by atoms with Gasteiger partial charge in [0.2, 0.25) is 0 Å². The van der Waals surface area contributed by atoms with Gasteiger partial charge in [0.05, 0.1) is 5.02 Å². The summed E-state index contributed by atoms with van der Waals surface area (Å²) in [5.41, 5.74) is 2.57. The van der Waals surface area contributed by atoms with Gasteiger partial charge < -0.3 is 0 Å². The Labute approximate surface area is 128 Å². The first kappa shape index (κ1) is 14.5. The van der Waals surface area contributed by atoms with Crippen molar-refractivity contribution in [2.75, 3.05) is 0 Å². The van der Waals surface area contributed by atoms with Crippen molar-refractivity contribution in [1.82, 2.24) is 4.98 Å². The number of halogens is 2. The maximum atomic E-state index is 6.11. The van der Waals surface area contributed by atoms with Crippen LogP contribution in [0, 0.1) is 0 Å². The van der Waals surface area contributed by atoms with Gasteiger partial charge in [-0.15, -0.1) is 0 Å². The molecule has 2 rings (SSSR count). The minimum absolute atomic E-state index is 0.469.